The van der Waals surface area contributed by atoms with Crippen LogP contribution in [-0.2, 0) is 20.1 Å². The van der Waals surface area contributed by atoms with Crippen molar-refractivity contribution in [1.29, 1.82) is 0 Å². The van der Waals surface area contributed by atoms with Gasteiger partial charge in [0.25, 0.3) is 0 Å². The molecular weight excluding hydrogens is 288 g/mol. The highest BCUT2D eigenvalue weighted by molar-refractivity contribution is 7.21. The summed E-state index contributed by atoms with van der Waals surface area (Å²) in [6.07, 6.45) is 1.64. The lowest BCUT2D eigenvalue weighted by Crippen LogP contribution is -2.17. The third-order valence-corrected chi connectivity index (χ3v) is 4.48. The number of carbonyl (C=O) groups is 1. The molecule has 0 amide bonds. The van der Waals surface area contributed by atoms with Gasteiger partial charge < -0.3 is 15.0 Å². The minimum Gasteiger partial charge on any atom is -0.477 e. The number of aromatic nitrogens is 3. The molecule has 3 aromatic rings. The third-order valence-electron chi connectivity index (χ3n) is 3.28. The Balaban J connectivity index is 1.84. The van der Waals surface area contributed by atoms with Gasteiger partial charge in [-0.1, -0.05) is 18.2 Å². The number of thiophene rings is 1. The monoisotopic (exact) mass is 302 g/mol. The molecular formula is C14H14N4O2S. The zero-order chi connectivity index (χ0) is 14.8. The Morgan fingerprint density at radius 1 is 1.38 bits per heavy atom. The molecule has 0 fully saturated rings. The lowest BCUT2D eigenvalue weighted by Gasteiger charge is -2.05. The lowest BCUT2D eigenvalue weighted by atomic mass is 10.1. The zero-order valence-electron chi connectivity index (χ0n) is 11.4. The molecule has 21 heavy (non-hydrogen) atoms. The molecule has 0 aliphatic rings. The molecule has 0 saturated heterocycles. The molecule has 0 saturated carbocycles. The molecule has 108 valence electrons. The van der Waals surface area contributed by atoms with Crippen molar-refractivity contribution in [3.8, 4) is 0 Å². The van der Waals surface area contributed by atoms with E-state index in [2.05, 4.69) is 15.5 Å². The van der Waals surface area contributed by atoms with E-state index in [0.717, 1.165) is 21.5 Å². The number of aryl methyl sites for hydroxylation is 1. The number of hydrogen-bond acceptors (Lipinski definition) is 5. The first-order valence-electron chi connectivity index (χ1n) is 6.44. The van der Waals surface area contributed by atoms with Gasteiger partial charge in [0, 0.05) is 18.3 Å². The van der Waals surface area contributed by atoms with Crippen molar-refractivity contribution in [1.82, 2.24) is 20.1 Å². The molecule has 0 aliphatic heterocycles. The summed E-state index contributed by atoms with van der Waals surface area (Å²) >= 11 is 1.31. The van der Waals surface area contributed by atoms with Gasteiger partial charge in [-0.3, -0.25) is 0 Å². The van der Waals surface area contributed by atoms with E-state index in [-0.39, 0.29) is 0 Å². The number of benzene rings is 1. The summed E-state index contributed by atoms with van der Waals surface area (Å²) in [5, 5.41) is 21.4. The van der Waals surface area contributed by atoms with Gasteiger partial charge in [0.2, 0.25) is 0 Å². The number of hydrogen-bond donors (Lipinski definition) is 2. The fourth-order valence-electron chi connectivity index (χ4n) is 2.21. The minimum absolute atomic E-state index is 0.390. The van der Waals surface area contributed by atoms with Crippen LogP contribution in [0.4, 0.5) is 0 Å². The fraction of sp³-hybridized carbons (Fsp3) is 0.214. The fourth-order valence-corrected chi connectivity index (χ4v) is 3.27. The summed E-state index contributed by atoms with van der Waals surface area (Å²) in [4.78, 5) is 11.8. The van der Waals surface area contributed by atoms with Gasteiger partial charge in [0.15, 0.2) is 0 Å². The Morgan fingerprint density at radius 3 is 2.90 bits per heavy atom. The second-order valence-electron chi connectivity index (χ2n) is 4.67. The molecule has 0 spiro atoms. The molecule has 3 rings (SSSR count). The van der Waals surface area contributed by atoms with Crippen LogP contribution >= 0.6 is 11.3 Å². The third kappa shape index (κ3) is 2.65. The van der Waals surface area contributed by atoms with E-state index in [1.165, 1.54) is 11.3 Å². The normalized spacial score (nSPS) is 11.1. The average molecular weight is 302 g/mol. The Labute approximate surface area is 125 Å². The first-order chi connectivity index (χ1) is 10.2. The van der Waals surface area contributed by atoms with Crippen LogP contribution in [0.15, 0.2) is 30.6 Å². The standard InChI is InChI=1S/C14H14N4O2S/c1-18-8-16-17-12(18)7-15-6-10-9-4-2-3-5-11(9)21-13(10)14(19)20/h2-5,8,15H,6-7H2,1H3,(H,19,20). The van der Waals surface area contributed by atoms with Gasteiger partial charge in [0.1, 0.15) is 17.0 Å². The van der Waals surface area contributed by atoms with Gasteiger partial charge in [-0.25, -0.2) is 4.79 Å². The number of carboxylic acids is 1. The summed E-state index contributed by atoms with van der Waals surface area (Å²) in [5.74, 6) is -0.0712. The quantitative estimate of drug-likeness (QED) is 0.753. The van der Waals surface area contributed by atoms with Crippen molar-refractivity contribution >= 4 is 27.4 Å². The van der Waals surface area contributed by atoms with Gasteiger partial charge >= 0.3 is 5.97 Å². The van der Waals surface area contributed by atoms with Crippen LogP contribution in [-0.4, -0.2) is 25.8 Å². The predicted molar refractivity (Wildman–Crippen MR) is 80.3 cm³/mol. The van der Waals surface area contributed by atoms with Crippen LogP contribution in [0.2, 0.25) is 0 Å². The average Bonchev–Trinajstić information content (AvgIpc) is 3.04. The van der Waals surface area contributed by atoms with Crippen LogP contribution in [0.3, 0.4) is 0 Å². The summed E-state index contributed by atoms with van der Waals surface area (Å²) < 4.78 is 2.82. The first kappa shape index (κ1) is 13.7. The number of aromatic carboxylic acids is 1. The predicted octanol–water partition coefficient (Wildman–Crippen LogP) is 2.02. The summed E-state index contributed by atoms with van der Waals surface area (Å²) in [6, 6.07) is 7.74. The molecule has 0 aliphatic carbocycles. The smallest absolute Gasteiger partial charge is 0.346 e. The topological polar surface area (TPSA) is 80.0 Å². The molecule has 2 N–H and O–H groups in total. The second kappa shape index (κ2) is 5.63. The van der Waals surface area contributed by atoms with Gasteiger partial charge in [0.05, 0.1) is 6.54 Å². The van der Waals surface area contributed by atoms with Gasteiger partial charge in [-0.2, -0.15) is 0 Å². The number of nitrogens with zero attached hydrogens (tertiary/aromatic N) is 3. The molecule has 0 bridgehead atoms. The number of rotatable bonds is 5. The maximum atomic E-state index is 11.4. The lowest BCUT2D eigenvalue weighted by molar-refractivity contribution is 0.0701. The van der Waals surface area contributed by atoms with E-state index >= 15 is 0 Å². The van der Waals surface area contributed by atoms with E-state index < -0.39 is 5.97 Å². The number of carboxylic acid groups (broad SMARTS) is 1. The molecule has 0 unspecified atom stereocenters. The van der Waals surface area contributed by atoms with Crippen molar-refractivity contribution in [2.24, 2.45) is 7.05 Å². The van der Waals surface area contributed by atoms with E-state index in [9.17, 15) is 9.90 Å². The summed E-state index contributed by atoms with van der Waals surface area (Å²) in [7, 11) is 1.87. The molecule has 7 heteroatoms. The minimum atomic E-state index is -0.883. The van der Waals surface area contributed by atoms with E-state index in [4.69, 9.17) is 0 Å². The maximum absolute atomic E-state index is 11.4. The van der Waals surface area contributed by atoms with E-state index in [1.54, 1.807) is 6.33 Å². The Bertz CT molecular complexity index is 793. The van der Waals surface area contributed by atoms with Crippen molar-refractivity contribution in [3.63, 3.8) is 0 Å². The molecule has 0 radical (unpaired) electrons. The van der Waals surface area contributed by atoms with E-state index in [0.29, 0.717) is 18.0 Å². The molecule has 0 atom stereocenters. The summed E-state index contributed by atoms with van der Waals surface area (Å²) in [5.41, 5.74) is 0.824. The van der Waals surface area contributed by atoms with Crippen molar-refractivity contribution in [2.75, 3.05) is 0 Å². The van der Waals surface area contributed by atoms with Crippen molar-refractivity contribution < 1.29 is 9.90 Å². The maximum Gasteiger partial charge on any atom is 0.346 e. The summed E-state index contributed by atoms with van der Waals surface area (Å²) in [6.45, 7) is 1.03. The Hall–Kier alpha value is -2.25. The zero-order valence-corrected chi connectivity index (χ0v) is 12.2. The highest BCUT2D eigenvalue weighted by Gasteiger charge is 2.17. The largest absolute Gasteiger partial charge is 0.477 e. The van der Waals surface area contributed by atoms with E-state index in [1.807, 2.05) is 35.9 Å². The first-order valence-corrected chi connectivity index (χ1v) is 7.25. The highest BCUT2D eigenvalue weighted by atomic mass is 32.1. The van der Waals surface area contributed by atoms with Crippen molar-refractivity contribution in [3.05, 3.63) is 46.9 Å². The van der Waals surface area contributed by atoms with Crippen LogP contribution in [0, 0.1) is 0 Å². The van der Waals surface area contributed by atoms with Crippen LogP contribution in [0.5, 0.6) is 0 Å². The number of fused-ring (bicyclic) bond motifs is 1. The van der Waals surface area contributed by atoms with Crippen LogP contribution in [0.25, 0.3) is 10.1 Å². The molecule has 2 heterocycles. The Morgan fingerprint density at radius 2 is 2.19 bits per heavy atom. The van der Waals surface area contributed by atoms with Crippen LogP contribution < -0.4 is 5.32 Å². The van der Waals surface area contributed by atoms with Crippen LogP contribution in [0.1, 0.15) is 21.1 Å². The van der Waals surface area contributed by atoms with Crippen molar-refractivity contribution in [2.45, 2.75) is 13.1 Å². The molecule has 2 aromatic heterocycles. The SMILES string of the molecule is Cn1cnnc1CNCc1c(C(=O)O)sc2ccccc12. The Kier molecular flexibility index (Phi) is 3.68. The highest BCUT2D eigenvalue weighted by Crippen LogP contribution is 2.31. The van der Waals surface area contributed by atoms with Gasteiger partial charge in [-0.05, 0) is 17.0 Å². The van der Waals surface area contributed by atoms with Gasteiger partial charge in [-0.15, -0.1) is 21.5 Å². The number of nitrogens with one attached hydrogen (secondary N) is 1. The second-order valence-corrected chi connectivity index (χ2v) is 5.72. The molecule has 1 aromatic carbocycles. The molecule has 6 nitrogen and oxygen atoms in total.